The molecule has 1 amide bonds. The van der Waals surface area contributed by atoms with Crippen LogP contribution in [0.2, 0.25) is 0 Å². The number of ether oxygens (including phenoxy) is 2. The molecule has 0 unspecified atom stereocenters. The standard InChI is InChI=1S/C19H25NO4S/c1-23-16-6-5-14(12-17(16)24-2)13-19(22)20-9-7-15(8-10-21)18-4-3-11-25-18/h3-6,11-12,15,21H,7-10,13H2,1-2H3,(H,20,22)/t15-/m1/s1. The Kier molecular flexibility index (Phi) is 7.76. The molecule has 0 radical (unpaired) electrons. The molecule has 2 rings (SSSR count). The van der Waals surface area contributed by atoms with Crippen LogP contribution in [0.15, 0.2) is 35.7 Å². The van der Waals surface area contributed by atoms with Crippen molar-refractivity contribution in [2.75, 3.05) is 27.4 Å². The summed E-state index contributed by atoms with van der Waals surface area (Å²) in [7, 11) is 3.16. The lowest BCUT2D eigenvalue weighted by molar-refractivity contribution is -0.120. The number of thiophene rings is 1. The van der Waals surface area contributed by atoms with Gasteiger partial charge in [0.05, 0.1) is 20.6 Å². The number of hydrogen-bond donors (Lipinski definition) is 2. The Labute approximate surface area is 152 Å². The molecule has 6 heteroatoms. The first-order chi connectivity index (χ1) is 12.2. The van der Waals surface area contributed by atoms with E-state index in [1.54, 1.807) is 31.6 Å². The minimum absolute atomic E-state index is 0.0267. The molecular weight excluding hydrogens is 338 g/mol. The molecule has 0 fully saturated rings. The zero-order valence-corrected chi connectivity index (χ0v) is 15.5. The van der Waals surface area contributed by atoms with Crippen molar-refractivity contribution in [1.29, 1.82) is 0 Å². The first-order valence-electron chi connectivity index (χ1n) is 8.29. The van der Waals surface area contributed by atoms with Crippen LogP contribution in [0.3, 0.4) is 0 Å². The van der Waals surface area contributed by atoms with E-state index < -0.39 is 0 Å². The molecule has 1 heterocycles. The van der Waals surface area contributed by atoms with Gasteiger partial charge in [0.25, 0.3) is 0 Å². The van der Waals surface area contributed by atoms with Crippen LogP contribution in [0.5, 0.6) is 11.5 Å². The van der Waals surface area contributed by atoms with Gasteiger partial charge in [-0.2, -0.15) is 0 Å². The summed E-state index contributed by atoms with van der Waals surface area (Å²) in [5.74, 6) is 1.52. The maximum absolute atomic E-state index is 12.2. The third-order valence-corrected chi connectivity index (χ3v) is 5.09. The summed E-state index contributed by atoms with van der Waals surface area (Å²) in [5.41, 5.74) is 0.875. The monoisotopic (exact) mass is 363 g/mol. The molecule has 0 saturated carbocycles. The quantitative estimate of drug-likeness (QED) is 0.681. The van der Waals surface area contributed by atoms with E-state index >= 15 is 0 Å². The lowest BCUT2D eigenvalue weighted by atomic mass is 10.00. The van der Waals surface area contributed by atoms with Gasteiger partial charge in [0.1, 0.15) is 0 Å². The van der Waals surface area contributed by atoms with Gasteiger partial charge >= 0.3 is 0 Å². The first kappa shape index (κ1) is 19.3. The van der Waals surface area contributed by atoms with Crippen LogP contribution in [-0.4, -0.2) is 38.4 Å². The average molecular weight is 363 g/mol. The topological polar surface area (TPSA) is 67.8 Å². The normalized spacial score (nSPS) is 11.8. The molecule has 0 aliphatic carbocycles. The summed E-state index contributed by atoms with van der Waals surface area (Å²) in [4.78, 5) is 13.4. The first-order valence-corrected chi connectivity index (χ1v) is 9.17. The van der Waals surface area contributed by atoms with Crippen LogP contribution >= 0.6 is 11.3 Å². The van der Waals surface area contributed by atoms with Crippen molar-refractivity contribution in [1.82, 2.24) is 5.32 Å². The molecule has 1 atom stereocenters. The molecule has 1 aromatic carbocycles. The largest absolute Gasteiger partial charge is 0.493 e. The molecule has 0 aliphatic heterocycles. The number of aliphatic hydroxyl groups is 1. The predicted octanol–water partition coefficient (Wildman–Crippen LogP) is 2.98. The second kappa shape index (κ2) is 10.1. The number of benzene rings is 1. The Hall–Kier alpha value is -2.05. The Balaban J connectivity index is 1.84. The lowest BCUT2D eigenvalue weighted by Gasteiger charge is -2.15. The number of hydrogen-bond acceptors (Lipinski definition) is 5. The Morgan fingerprint density at radius 2 is 2.00 bits per heavy atom. The molecule has 0 bridgehead atoms. The van der Waals surface area contributed by atoms with Gasteiger partial charge in [0, 0.05) is 18.0 Å². The summed E-state index contributed by atoms with van der Waals surface area (Å²) < 4.78 is 10.5. The number of rotatable bonds is 10. The Bertz CT molecular complexity index is 657. The maximum Gasteiger partial charge on any atom is 0.224 e. The van der Waals surface area contributed by atoms with Crippen LogP contribution in [0.4, 0.5) is 0 Å². The maximum atomic E-state index is 12.2. The molecule has 25 heavy (non-hydrogen) atoms. The second-order valence-corrected chi connectivity index (χ2v) is 6.71. The summed E-state index contributed by atoms with van der Waals surface area (Å²) in [5, 5.41) is 14.2. The molecule has 2 aromatic rings. The third kappa shape index (κ3) is 5.76. The molecule has 1 aromatic heterocycles. The highest BCUT2D eigenvalue weighted by atomic mass is 32.1. The fourth-order valence-corrected chi connectivity index (χ4v) is 3.63. The summed E-state index contributed by atoms with van der Waals surface area (Å²) in [6.45, 7) is 0.747. The van der Waals surface area contributed by atoms with E-state index in [4.69, 9.17) is 9.47 Å². The number of carbonyl (C=O) groups is 1. The van der Waals surface area contributed by atoms with E-state index in [2.05, 4.69) is 11.4 Å². The highest BCUT2D eigenvalue weighted by molar-refractivity contribution is 7.10. The minimum atomic E-state index is -0.0267. The van der Waals surface area contributed by atoms with Gasteiger partial charge in [-0.25, -0.2) is 0 Å². The number of carbonyl (C=O) groups excluding carboxylic acids is 1. The van der Waals surface area contributed by atoms with Gasteiger partial charge in [-0.05, 0) is 47.9 Å². The SMILES string of the molecule is COc1ccc(CC(=O)NCC[C@H](CCO)c2cccs2)cc1OC. The van der Waals surface area contributed by atoms with Crippen molar-refractivity contribution in [3.05, 3.63) is 46.2 Å². The van der Waals surface area contributed by atoms with E-state index in [0.717, 1.165) is 12.0 Å². The van der Waals surface area contributed by atoms with Crippen molar-refractivity contribution >= 4 is 17.2 Å². The van der Waals surface area contributed by atoms with Crippen molar-refractivity contribution in [3.63, 3.8) is 0 Å². The van der Waals surface area contributed by atoms with Gasteiger partial charge < -0.3 is 19.9 Å². The number of methoxy groups -OCH3 is 2. The molecule has 0 saturated heterocycles. The van der Waals surface area contributed by atoms with Gasteiger partial charge in [-0.1, -0.05) is 12.1 Å². The highest BCUT2D eigenvalue weighted by Gasteiger charge is 2.13. The van der Waals surface area contributed by atoms with Crippen LogP contribution in [0.1, 0.15) is 29.2 Å². The third-order valence-electron chi connectivity index (χ3n) is 4.05. The summed E-state index contributed by atoms with van der Waals surface area (Å²) >= 11 is 1.69. The van der Waals surface area contributed by atoms with Crippen molar-refractivity contribution in [3.8, 4) is 11.5 Å². The molecular formula is C19H25NO4S. The van der Waals surface area contributed by atoms with Crippen molar-refractivity contribution < 1.29 is 19.4 Å². The van der Waals surface area contributed by atoms with Crippen LogP contribution in [0, 0.1) is 0 Å². The van der Waals surface area contributed by atoms with E-state index in [9.17, 15) is 9.90 Å². The van der Waals surface area contributed by atoms with E-state index in [0.29, 0.717) is 30.9 Å². The van der Waals surface area contributed by atoms with Gasteiger partial charge in [-0.15, -0.1) is 11.3 Å². The lowest BCUT2D eigenvalue weighted by Crippen LogP contribution is -2.27. The zero-order chi connectivity index (χ0) is 18.1. The predicted molar refractivity (Wildman–Crippen MR) is 99.6 cm³/mol. The second-order valence-electron chi connectivity index (χ2n) is 5.73. The van der Waals surface area contributed by atoms with Crippen molar-refractivity contribution in [2.24, 2.45) is 0 Å². The average Bonchev–Trinajstić information content (AvgIpc) is 3.15. The van der Waals surface area contributed by atoms with Crippen LogP contribution < -0.4 is 14.8 Å². The number of amides is 1. The van der Waals surface area contributed by atoms with E-state index in [1.807, 2.05) is 23.6 Å². The van der Waals surface area contributed by atoms with E-state index in [-0.39, 0.29) is 18.4 Å². The van der Waals surface area contributed by atoms with E-state index in [1.165, 1.54) is 4.88 Å². The Morgan fingerprint density at radius 3 is 2.64 bits per heavy atom. The fourth-order valence-electron chi connectivity index (χ4n) is 2.73. The Morgan fingerprint density at radius 1 is 1.20 bits per heavy atom. The van der Waals surface area contributed by atoms with Crippen LogP contribution in [0.25, 0.3) is 0 Å². The molecule has 0 aliphatic rings. The minimum Gasteiger partial charge on any atom is -0.493 e. The molecule has 0 spiro atoms. The summed E-state index contributed by atoms with van der Waals surface area (Å²) in [6, 6.07) is 9.58. The fraction of sp³-hybridized carbons (Fsp3) is 0.421. The molecule has 136 valence electrons. The summed E-state index contributed by atoms with van der Waals surface area (Å²) in [6.07, 6.45) is 1.83. The number of nitrogens with one attached hydrogen (secondary N) is 1. The zero-order valence-electron chi connectivity index (χ0n) is 14.7. The van der Waals surface area contributed by atoms with Gasteiger partial charge in [0.15, 0.2) is 11.5 Å². The molecule has 2 N–H and O–H groups in total. The van der Waals surface area contributed by atoms with Gasteiger partial charge in [0.2, 0.25) is 5.91 Å². The van der Waals surface area contributed by atoms with Crippen LogP contribution in [-0.2, 0) is 11.2 Å². The van der Waals surface area contributed by atoms with Crippen molar-refractivity contribution in [2.45, 2.75) is 25.2 Å². The number of aliphatic hydroxyl groups excluding tert-OH is 1. The van der Waals surface area contributed by atoms with Gasteiger partial charge in [-0.3, -0.25) is 4.79 Å². The molecule has 5 nitrogen and oxygen atoms in total. The highest BCUT2D eigenvalue weighted by Crippen LogP contribution is 2.28. The smallest absolute Gasteiger partial charge is 0.224 e.